The van der Waals surface area contributed by atoms with E-state index < -0.39 is 0 Å². The average Bonchev–Trinajstić information content (AvgIpc) is 3.33. The predicted octanol–water partition coefficient (Wildman–Crippen LogP) is 0.897. The van der Waals surface area contributed by atoms with Gasteiger partial charge in [-0.2, -0.15) is 0 Å². The van der Waals surface area contributed by atoms with Crippen molar-refractivity contribution in [3.05, 3.63) is 28.7 Å². The van der Waals surface area contributed by atoms with Crippen LogP contribution in [0.15, 0.2) is 23.1 Å². The summed E-state index contributed by atoms with van der Waals surface area (Å²) >= 11 is 6.60. The number of ether oxygens (including phenoxy) is 2. The topological polar surface area (TPSA) is 91.4 Å². The molecule has 4 rings (SSSR count). The highest BCUT2D eigenvalue weighted by Crippen LogP contribution is 2.36. The van der Waals surface area contributed by atoms with E-state index in [1.165, 1.54) is 16.7 Å². The van der Waals surface area contributed by atoms with Gasteiger partial charge in [-0.05, 0) is 23.8 Å². The van der Waals surface area contributed by atoms with Crippen LogP contribution >= 0.6 is 24.0 Å². The first-order chi connectivity index (χ1) is 15.4. The largest absolute Gasteiger partial charge is 0.454 e. The van der Waals surface area contributed by atoms with Crippen molar-refractivity contribution in [2.45, 2.75) is 6.92 Å². The van der Waals surface area contributed by atoms with Crippen LogP contribution in [0, 0.1) is 0 Å². The van der Waals surface area contributed by atoms with Crippen LogP contribution in [0.4, 0.5) is 0 Å². The molecular formula is C21H24N4O5S2. The van der Waals surface area contributed by atoms with E-state index in [0.29, 0.717) is 60.0 Å². The van der Waals surface area contributed by atoms with Crippen molar-refractivity contribution in [1.29, 1.82) is 0 Å². The molecule has 2 saturated heterocycles. The van der Waals surface area contributed by atoms with Crippen molar-refractivity contribution < 1.29 is 23.9 Å². The maximum atomic E-state index is 12.8. The lowest BCUT2D eigenvalue weighted by atomic mass is 10.2. The van der Waals surface area contributed by atoms with Gasteiger partial charge < -0.3 is 19.7 Å². The first-order valence-corrected chi connectivity index (χ1v) is 11.5. The highest BCUT2D eigenvalue weighted by atomic mass is 32.2. The van der Waals surface area contributed by atoms with Crippen LogP contribution in [0.25, 0.3) is 6.08 Å². The Hall–Kier alpha value is -2.63. The van der Waals surface area contributed by atoms with E-state index in [9.17, 15) is 14.4 Å². The van der Waals surface area contributed by atoms with Crippen LogP contribution in [0.5, 0.6) is 11.5 Å². The fraction of sp³-hybridized carbons (Fsp3) is 0.429. The van der Waals surface area contributed by atoms with Crippen LogP contribution in [0.3, 0.4) is 0 Å². The molecule has 0 saturated carbocycles. The summed E-state index contributed by atoms with van der Waals surface area (Å²) in [4.78, 5) is 42.2. The minimum absolute atomic E-state index is 0.0603. The number of thioether (sulfide) groups is 1. The number of nitrogens with zero attached hydrogens (tertiary/aromatic N) is 3. The Kier molecular flexibility index (Phi) is 6.97. The molecule has 0 spiro atoms. The second kappa shape index (κ2) is 9.88. The number of benzene rings is 1. The van der Waals surface area contributed by atoms with Gasteiger partial charge in [-0.15, -0.1) is 0 Å². The quantitative estimate of drug-likeness (QED) is 0.478. The summed E-state index contributed by atoms with van der Waals surface area (Å²) in [5.74, 6) is 1.12. The molecule has 9 nitrogen and oxygen atoms in total. The van der Waals surface area contributed by atoms with Crippen LogP contribution in [-0.4, -0.2) is 89.3 Å². The lowest BCUT2D eigenvalue weighted by Gasteiger charge is -2.33. The van der Waals surface area contributed by atoms with Gasteiger partial charge in [0, 0.05) is 46.2 Å². The van der Waals surface area contributed by atoms with Crippen molar-refractivity contribution in [1.82, 2.24) is 20.0 Å². The molecule has 1 N–H and O–H groups in total. The number of hydrogen-bond acceptors (Lipinski definition) is 8. The summed E-state index contributed by atoms with van der Waals surface area (Å²) in [6.07, 6.45) is 1.78. The first-order valence-electron chi connectivity index (χ1n) is 10.3. The van der Waals surface area contributed by atoms with E-state index in [1.54, 1.807) is 17.9 Å². The van der Waals surface area contributed by atoms with E-state index in [1.807, 2.05) is 23.1 Å². The molecule has 1 aromatic carbocycles. The highest BCUT2D eigenvalue weighted by Gasteiger charge is 2.32. The molecule has 0 bridgehead atoms. The highest BCUT2D eigenvalue weighted by molar-refractivity contribution is 8.26. The van der Waals surface area contributed by atoms with Gasteiger partial charge in [0.05, 0.1) is 11.4 Å². The van der Waals surface area contributed by atoms with E-state index in [0.717, 1.165) is 5.56 Å². The third-order valence-electron chi connectivity index (χ3n) is 5.41. The fourth-order valence-electron chi connectivity index (χ4n) is 3.63. The second-order valence-corrected chi connectivity index (χ2v) is 9.25. The molecule has 3 aliphatic rings. The summed E-state index contributed by atoms with van der Waals surface area (Å²) in [6, 6.07) is 5.49. The van der Waals surface area contributed by atoms with E-state index in [4.69, 9.17) is 21.7 Å². The average molecular weight is 477 g/mol. The molecule has 0 unspecified atom stereocenters. The molecule has 3 aliphatic heterocycles. The van der Waals surface area contributed by atoms with Gasteiger partial charge in [-0.25, -0.2) is 0 Å². The Morgan fingerprint density at radius 1 is 1.19 bits per heavy atom. The van der Waals surface area contributed by atoms with Gasteiger partial charge in [0.25, 0.3) is 5.91 Å². The zero-order valence-electron chi connectivity index (χ0n) is 17.7. The number of thiocarbonyl (C=S) groups is 1. The molecular weight excluding hydrogens is 452 g/mol. The SMILES string of the molecule is CC(=O)N1CCN(CC(=O)NCCN2C(=O)/C(=C\c3ccc4c(c3)OCO4)SC2=S)CC1. The maximum absolute atomic E-state index is 12.8. The summed E-state index contributed by atoms with van der Waals surface area (Å²) in [5, 5.41) is 2.85. The molecule has 0 radical (unpaired) electrons. The van der Waals surface area contributed by atoms with Crippen molar-refractivity contribution in [2.75, 3.05) is 52.6 Å². The number of hydrogen-bond donors (Lipinski definition) is 1. The van der Waals surface area contributed by atoms with Crippen LogP contribution in [0.1, 0.15) is 12.5 Å². The molecule has 32 heavy (non-hydrogen) atoms. The van der Waals surface area contributed by atoms with Gasteiger partial charge in [-0.1, -0.05) is 30.0 Å². The molecule has 0 aliphatic carbocycles. The van der Waals surface area contributed by atoms with E-state index >= 15 is 0 Å². The number of carbonyl (C=O) groups excluding carboxylic acids is 3. The Morgan fingerprint density at radius 2 is 1.94 bits per heavy atom. The van der Waals surface area contributed by atoms with Crippen LogP contribution in [-0.2, 0) is 14.4 Å². The second-order valence-electron chi connectivity index (χ2n) is 7.58. The van der Waals surface area contributed by atoms with Crippen LogP contribution < -0.4 is 14.8 Å². The summed E-state index contributed by atoms with van der Waals surface area (Å²) in [7, 11) is 0. The Morgan fingerprint density at radius 3 is 2.69 bits per heavy atom. The summed E-state index contributed by atoms with van der Waals surface area (Å²) in [6.45, 7) is 5.27. The van der Waals surface area contributed by atoms with Crippen LogP contribution in [0.2, 0.25) is 0 Å². The zero-order valence-corrected chi connectivity index (χ0v) is 19.3. The molecule has 0 atom stereocenters. The summed E-state index contributed by atoms with van der Waals surface area (Å²) in [5.41, 5.74) is 0.827. The zero-order chi connectivity index (χ0) is 22.7. The van der Waals surface area contributed by atoms with Gasteiger partial charge in [0.2, 0.25) is 18.6 Å². The number of fused-ring (bicyclic) bond motifs is 1. The lowest BCUT2D eigenvalue weighted by Crippen LogP contribution is -2.51. The predicted molar refractivity (Wildman–Crippen MR) is 124 cm³/mol. The molecule has 3 amide bonds. The Labute approximate surface area is 195 Å². The van der Waals surface area contributed by atoms with Gasteiger partial charge in [0.15, 0.2) is 11.5 Å². The van der Waals surface area contributed by atoms with E-state index in [-0.39, 0.29) is 31.1 Å². The standard InChI is InChI=1S/C21H24N4O5S2/c1-14(26)24-8-6-23(7-9-24)12-19(27)22-4-5-25-20(28)18(32-21(25)31)11-15-2-3-16-17(10-15)30-13-29-16/h2-3,10-11H,4-9,12-13H2,1H3,(H,22,27)/b18-11+. The minimum Gasteiger partial charge on any atom is -0.454 e. The van der Waals surface area contributed by atoms with Crippen molar-refractivity contribution in [2.24, 2.45) is 0 Å². The van der Waals surface area contributed by atoms with Gasteiger partial charge >= 0.3 is 0 Å². The first kappa shape index (κ1) is 22.6. The fourth-order valence-corrected chi connectivity index (χ4v) is 4.94. The molecule has 3 heterocycles. The van der Waals surface area contributed by atoms with Crippen molar-refractivity contribution in [3.8, 4) is 11.5 Å². The number of amides is 3. The Balaban J connectivity index is 1.24. The number of rotatable bonds is 6. The molecule has 2 fully saturated rings. The normalized spacial score (nSPS) is 19.7. The number of nitrogens with one attached hydrogen (secondary N) is 1. The number of piperazine rings is 1. The third-order valence-corrected chi connectivity index (χ3v) is 6.79. The molecule has 0 aromatic heterocycles. The number of carbonyl (C=O) groups is 3. The van der Waals surface area contributed by atoms with Crippen molar-refractivity contribution in [3.63, 3.8) is 0 Å². The third kappa shape index (κ3) is 5.22. The lowest BCUT2D eigenvalue weighted by molar-refractivity contribution is -0.131. The van der Waals surface area contributed by atoms with Gasteiger partial charge in [-0.3, -0.25) is 24.2 Å². The van der Waals surface area contributed by atoms with Gasteiger partial charge in [0.1, 0.15) is 4.32 Å². The van der Waals surface area contributed by atoms with E-state index in [2.05, 4.69) is 5.32 Å². The summed E-state index contributed by atoms with van der Waals surface area (Å²) < 4.78 is 11.2. The maximum Gasteiger partial charge on any atom is 0.266 e. The minimum atomic E-state index is -0.174. The monoisotopic (exact) mass is 476 g/mol. The molecule has 170 valence electrons. The molecule has 11 heteroatoms. The Bertz CT molecular complexity index is 975. The smallest absolute Gasteiger partial charge is 0.266 e. The van der Waals surface area contributed by atoms with Crippen molar-refractivity contribution >= 4 is 52.1 Å². The molecule has 1 aromatic rings.